The van der Waals surface area contributed by atoms with Gasteiger partial charge in [-0.3, -0.25) is 4.79 Å². The molecule has 1 aromatic carbocycles. The Hall–Kier alpha value is -1.17. The molecule has 3 rings (SSSR count). The highest BCUT2D eigenvalue weighted by molar-refractivity contribution is 6.32. The summed E-state index contributed by atoms with van der Waals surface area (Å²) in [7, 11) is 0. The average Bonchev–Trinajstić information content (AvgIpc) is 3.05. The van der Waals surface area contributed by atoms with Crippen LogP contribution in [-0.2, 0) is 0 Å². The molecular formula is C14H18Cl2N2O3. The summed E-state index contributed by atoms with van der Waals surface area (Å²) >= 11 is 6.11. The van der Waals surface area contributed by atoms with Crippen molar-refractivity contribution in [2.75, 3.05) is 26.4 Å². The number of nitrogens with two attached hydrogens (primary N) is 1. The van der Waals surface area contributed by atoms with Crippen molar-refractivity contribution in [2.24, 2.45) is 11.1 Å². The number of benzene rings is 1. The Morgan fingerprint density at radius 2 is 2.24 bits per heavy atom. The number of amides is 1. The van der Waals surface area contributed by atoms with E-state index in [4.69, 9.17) is 26.8 Å². The summed E-state index contributed by atoms with van der Waals surface area (Å²) in [5.74, 6) is 1.00. The second kappa shape index (κ2) is 5.91. The number of carbonyl (C=O) groups excluding carboxylic acids is 1. The van der Waals surface area contributed by atoms with E-state index >= 15 is 0 Å². The van der Waals surface area contributed by atoms with Crippen molar-refractivity contribution in [3.63, 3.8) is 0 Å². The van der Waals surface area contributed by atoms with E-state index < -0.39 is 0 Å². The standard InChI is InChI=1S/C14H17ClN2O3.ClH/c1-14(6-16)2-3-17(7-14)13(18)9-4-10(15)12-11(5-9)19-8-20-12;/h4-5H,2-3,6-8,16H2,1H3;1H. The normalized spacial score (nSPS) is 23.1. The molecule has 5 nitrogen and oxygen atoms in total. The van der Waals surface area contributed by atoms with Gasteiger partial charge < -0.3 is 20.1 Å². The summed E-state index contributed by atoms with van der Waals surface area (Å²) in [6.45, 7) is 4.22. The maximum Gasteiger partial charge on any atom is 0.254 e. The van der Waals surface area contributed by atoms with Gasteiger partial charge in [-0.1, -0.05) is 18.5 Å². The fourth-order valence-corrected chi connectivity index (χ4v) is 2.90. The molecule has 1 saturated heterocycles. The molecule has 0 saturated carbocycles. The molecule has 7 heteroatoms. The molecule has 116 valence electrons. The van der Waals surface area contributed by atoms with E-state index in [9.17, 15) is 4.79 Å². The molecule has 0 spiro atoms. The summed E-state index contributed by atoms with van der Waals surface area (Å²) in [5, 5.41) is 0.407. The van der Waals surface area contributed by atoms with E-state index in [1.807, 2.05) is 4.90 Å². The van der Waals surface area contributed by atoms with Gasteiger partial charge in [-0.05, 0) is 30.5 Å². The van der Waals surface area contributed by atoms with E-state index in [-0.39, 0.29) is 30.5 Å². The molecular weight excluding hydrogens is 315 g/mol. The number of nitrogens with zero attached hydrogens (tertiary/aromatic N) is 1. The van der Waals surface area contributed by atoms with Crippen molar-refractivity contribution in [2.45, 2.75) is 13.3 Å². The fraction of sp³-hybridized carbons (Fsp3) is 0.500. The van der Waals surface area contributed by atoms with Crippen molar-refractivity contribution < 1.29 is 14.3 Å². The molecule has 2 heterocycles. The number of rotatable bonds is 2. The molecule has 0 bridgehead atoms. The molecule has 2 aliphatic rings. The number of carbonyl (C=O) groups is 1. The van der Waals surface area contributed by atoms with Crippen LogP contribution in [0.4, 0.5) is 0 Å². The lowest BCUT2D eigenvalue weighted by Gasteiger charge is -2.22. The van der Waals surface area contributed by atoms with Gasteiger partial charge in [0.15, 0.2) is 11.5 Å². The molecule has 1 amide bonds. The summed E-state index contributed by atoms with van der Waals surface area (Å²) in [6.07, 6.45) is 0.924. The first-order chi connectivity index (χ1) is 9.52. The fourth-order valence-electron chi connectivity index (χ4n) is 2.64. The van der Waals surface area contributed by atoms with E-state index in [0.717, 1.165) is 13.0 Å². The van der Waals surface area contributed by atoms with Gasteiger partial charge in [0, 0.05) is 18.7 Å². The lowest BCUT2D eigenvalue weighted by Crippen LogP contribution is -2.34. The number of hydrogen-bond acceptors (Lipinski definition) is 4. The Balaban J connectivity index is 0.00000161. The highest BCUT2D eigenvalue weighted by Crippen LogP contribution is 2.40. The monoisotopic (exact) mass is 332 g/mol. The molecule has 0 aliphatic carbocycles. The van der Waals surface area contributed by atoms with E-state index in [0.29, 0.717) is 35.2 Å². The number of hydrogen-bond donors (Lipinski definition) is 1. The lowest BCUT2D eigenvalue weighted by atomic mass is 9.90. The van der Waals surface area contributed by atoms with Gasteiger partial charge in [0.1, 0.15) is 0 Å². The van der Waals surface area contributed by atoms with Crippen LogP contribution in [0, 0.1) is 5.41 Å². The first-order valence-corrected chi connectivity index (χ1v) is 6.99. The molecule has 0 aromatic heterocycles. The van der Waals surface area contributed by atoms with Gasteiger partial charge in [-0.25, -0.2) is 0 Å². The van der Waals surface area contributed by atoms with Gasteiger partial charge in [0.05, 0.1) is 5.02 Å². The molecule has 0 radical (unpaired) electrons. The van der Waals surface area contributed by atoms with E-state index in [1.54, 1.807) is 12.1 Å². The quantitative estimate of drug-likeness (QED) is 0.902. The largest absolute Gasteiger partial charge is 0.454 e. The Morgan fingerprint density at radius 1 is 1.48 bits per heavy atom. The van der Waals surface area contributed by atoms with Crippen LogP contribution in [0.1, 0.15) is 23.7 Å². The lowest BCUT2D eigenvalue weighted by molar-refractivity contribution is 0.0776. The third-order valence-corrected chi connectivity index (χ3v) is 4.29. The van der Waals surface area contributed by atoms with Crippen molar-refractivity contribution in [1.82, 2.24) is 4.90 Å². The zero-order valence-corrected chi connectivity index (χ0v) is 13.3. The molecule has 1 aromatic rings. The van der Waals surface area contributed by atoms with Crippen LogP contribution < -0.4 is 15.2 Å². The van der Waals surface area contributed by atoms with Crippen LogP contribution in [0.15, 0.2) is 12.1 Å². The van der Waals surface area contributed by atoms with Gasteiger partial charge in [0.2, 0.25) is 6.79 Å². The van der Waals surface area contributed by atoms with Crippen LogP contribution >= 0.6 is 24.0 Å². The van der Waals surface area contributed by atoms with Crippen LogP contribution in [0.5, 0.6) is 11.5 Å². The topological polar surface area (TPSA) is 64.8 Å². The molecule has 2 N–H and O–H groups in total. The van der Waals surface area contributed by atoms with Gasteiger partial charge in [0.25, 0.3) is 5.91 Å². The highest BCUT2D eigenvalue weighted by Gasteiger charge is 2.35. The number of halogens is 2. The number of likely N-dealkylation sites (tertiary alicyclic amines) is 1. The zero-order valence-electron chi connectivity index (χ0n) is 11.7. The summed E-state index contributed by atoms with van der Waals surface area (Å²) in [5.41, 5.74) is 6.31. The molecule has 2 aliphatic heterocycles. The molecule has 21 heavy (non-hydrogen) atoms. The van der Waals surface area contributed by atoms with Gasteiger partial charge in [-0.2, -0.15) is 0 Å². The average molecular weight is 333 g/mol. The van der Waals surface area contributed by atoms with Crippen molar-refractivity contribution >= 4 is 29.9 Å². The SMILES string of the molecule is CC1(CN)CCN(C(=O)c2cc(Cl)c3c(c2)OCO3)C1.Cl. The van der Waals surface area contributed by atoms with Crippen molar-refractivity contribution in [3.8, 4) is 11.5 Å². The Morgan fingerprint density at radius 3 is 2.90 bits per heavy atom. The predicted molar refractivity (Wildman–Crippen MR) is 82.5 cm³/mol. The number of fused-ring (bicyclic) bond motifs is 1. The Bertz CT molecular complexity index is 567. The van der Waals surface area contributed by atoms with Crippen molar-refractivity contribution in [3.05, 3.63) is 22.7 Å². The molecule has 1 atom stereocenters. The van der Waals surface area contributed by atoms with E-state index in [2.05, 4.69) is 6.92 Å². The van der Waals surface area contributed by atoms with E-state index in [1.165, 1.54) is 0 Å². The Labute approximate surface area is 134 Å². The molecule has 1 unspecified atom stereocenters. The second-order valence-electron chi connectivity index (χ2n) is 5.68. The molecule has 1 fully saturated rings. The summed E-state index contributed by atoms with van der Waals surface area (Å²) in [4.78, 5) is 14.4. The minimum absolute atomic E-state index is 0. The smallest absolute Gasteiger partial charge is 0.254 e. The maximum absolute atomic E-state index is 12.5. The third kappa shape index (κ3) is 2.91. The van der Waals surface area contributed by atoms with Gasteiger partial charge >= 0.3 is 0 Å². The summed E-state index contributed by atoms with van der Waals surface area (Å²) in [6, 6.07) is 3.32. The van der Waals surface area contributed by atoms with Crippen LogP contribution in [0.3, 0.4) is 0 Å². The van der Waals surface area contributed by atoms with Gasteiger partial charge in [-0.15, -0.1) is 12.4 Å². The third-order valence-electron chi connectivity index (χ3n) is 4.01. The first kappa shape index (κ1) is 16.2. The maximum atomic E-state index is 12.5. The first-order valence-electron chi connectivity index (χ1n) is 6.61. The van der Waals surface area contributed by atoms with Crippen LogP contribution in [-0.4, -0.2) is 37.2 Å². The van der Waals surface area contributed by atoms with Crippen LogP contribution in [0.2, 0.25) is 5.02 Å². The van der Waals surface area contributed by atoms with Crippen molar-refractivity contribution in [1.29, 1.82) is 0 Å². The van der Waals surface area contributed by atoms with Crippen LogP contribution in [0.25, 0.3) is 0 Å². The highest BCUT2D eigenvalue weighted by atomic mass is 35.5. The predicted octanol–water partition coefficient (Wildman–Crippen LogP) is 2.30. The number of ether oxygens (including phenoxy) is 2. The zero-order chi connectivity index (χ0) is 14.3. The Kier molecular flexibility index (Phi) is 4.56. The minimum Gasteiger partial charge on any atom is -0.454 e. The summed E-state index contributed by atoms with van der Waals surface area (Å²) < 4.78 is 10.5. The minimum atomic E-state index is -0.0395. The second-order valence-corrected chi connectivity index (χ2v) is 6.09.